The first-order valence-corrected chi connectivity index (χ1v) is 24.1. The zero-order valence-electron chi connectivity index (χ0n) is 37.2. The molecular formula is C66H43NS. The summed E-state index contributed by atoms with van der Waals surface area (Å²) in [7, 11) is 0. The molecule has 1 nitrogen and oxygen atoms in total. The van der Waals surface area contributed by atoms with E-state index in [-0.39, 0.29) is 0 Å². The molecule has 0 aliphatic heterocycles. The average molecular weight is 882 g/mol. The predicted molar refractivity (Wildman–Crippen MR) is 294 cm³/mol. The maximum Gasteiger partial charge on any atom is 0.0467 e. The molecule has 0 amide bonds. The molecule has 0 aliphatic carbocycles. The Bertz CT molecular complexity index is 3870. The van der Waals surface area contributed by atoms with E-state index in [2.05, 4.69) is 266 Å². The fourth-order valence-electron chi connectivity index (χ4n) is 10.4. The van der Waals surface area contributed by atoms with Gasteiger partial charge in [0, 0.05) is 43.0 Å². The fourth-order valence-corrected chi connectivity index (χ4v) is 11.8. The van der Waals surface area contributed by atoms with Crippen molar-refractivity contribution in [3.05, 3.63) is 261 Å². The second kappa shape index (κ2) is 16.7. The molecule has 0 N–H and O–H groups in total. The lowest BCUT2D eigenvalue weighted by Crippen LogP contribution is -2.10. The Labute approximate surface area is 400 Å². The first-order chi connectivity index (χ1) is 33.7. The molecule has 0 bridgehead atoms. The van der Waals surface area contributed by atoms with Crippen molar-refractivity contribution in [1.29, 1.82) is 0 Å². The van der Waals surface area contributed by atoms with Crippen molar-refractivity contribution in [2.45, 2.75) is 0 Å². The number of fused-ring (bicyclic) bond motifs is 8. The number of anilines is 3. The minimum absolute atomic E-state index is 1.09. The van der Waals surface area contributed by atoms with Gasteiger partial charge in [-0.05, 0) is 125 Å². The van der Waals surface area contributed by atoms with Crippen LogP contribution in [0.1, 0.15) is 0 Å². The van der Waals surface area contributed by atoms with Crippen LogP contribution < -0.4 is 4.90 Å². The molecule has 0 fully saturated rings. The molecule has 1 aromatic heterocycles. The third kappa shape index (κ3) is 6.85. The lowest BCUT2D eigenvalue weighted by atomic mass is 9.91. The van der Waals surface area contributed by atoms with Gasteiger partial charge in [0.15, 0.2) is 0 Å². The minimum atomic E-state index is 1.09. The van der Waals surface area contributed by atoms with E-state index < -0.39 is 0 Å². The molecule has 0 aliphatic rings. The number of hydrogen-bond donors (Lipinski definition) is 0. The van der Waals surface area contributed by atoms with Gasteiger partial charge in [0.2, 0.25) is 0 Å². The molecule has 12 aromatic carbocycles. The monoisotopic (exact) mass is 881 g/mol. The van der Waals surface area contributed by atoms with Gasteiger partial charge in [-0.15, -0.1) is 11.3 Å². The van der Waals surface area contributed by atoms with Crippen LogP contribution in [0.5, 0.6) is 0 Å². The molecule has 0 spiro atoms. The van der Waals surface area contributed by atoms with Crippen LogP contribution in [-0.2, 0) is 0 Å². The second-order valence-corrected chi connectivity index (χ2v) is 18.6. The highest BCUT2D eigenvalue weighted by molar-refractivity contribution is 7.24. The Kier molecular flexibility index (Phi) is 9.77. The van der Waals surface area contributed by atoms with Gasteiger partial charge in [-0.2, -0.15) is 0 Å². The summed E-state index contributed by atoms with van der Waals surface area (Å²) in [6.45, 7) is 0. The summed E-state index contributed by atoms with van der Waals surface area (Å²) < 4.78 is 1.33. The summed E-state index contributed by atoms with van der Waals surface area (Å²) in [5, 5.41) is 11.4. The summed E-state index contributed by atoms with van der Waals surface area (Å²) in [4.78, 5) is 3.70. The Morgan fingerprint density at radius 1 is 0.265 bits per heavy atom. The Morgan fingerprint density at radius 3 is 1.35 bits per heavy atom. The van der Waals surface area contributed by atoms with Crippen molar-refractivity contribution in [3.8, 4) is 54.9 Å². The predicted octanol–water partition coefficient (Wildman–Crippen LogP) is 19.3. The minimum Gasteiger partial charge on any atom is -0.310 e. The highest BCUT2D eigenvalue weighted by Crippen LogP contribution is 2.51. The summed E-state index contributed by atoms with van der Waals surface area (Å²) in [6.07, 6.45) is 0. The van der Waals surface area contributed by atoms with Crippen LogP contribution in [0.4, 0.5) is 17.1 Å². The number of hydrogen-bond acceptors (Lipinski definition) is 2. The van der Waals surface area contributed by atoms with E-state index in [9.17, 15) is 0 Å². The van der Waals surface area contributed by atoms with E-state index in [1.807, 2.05) is 11.3 Å². The van der Waals surface area contributed by atoms with Gasteiger partial charge in [0.25, 0.3) is 0 Å². The van der Waals surface area contributed by atoms with Crippen molar-refractivity contribution in [2.75, 3.05) is 4.90 Å². The lowest BCUT2D eigenvalue weighted by molar-refractivity contribution is 1.28. The van der Waals surface area contributed by atoms with E-state index in [4.69, 9.17) is 0 Å². The molecule has 13 aromatic rings. The Morgan fingerprint density at radius 2 is 0.735 bits per heavy atom. The third-order valence-electron chi connectivity index (χ3n) is 13.6. The number of thiophene rings is 1. The Balaban J connectivity index is 0.961. The van der Waals surface area contributed by atoms with Gasteiger partial charge in [0.1, 0.15) is 0 Å². The summed E-state index contributed by atoms with van der Waals surface area (Å²) >= 11 is 1.91. The topological polar surface area (TPSA) is 3.24 Å². The quantitative estimate of drug-likeness (QED) is 0.137. The molecule has 0 unspecified atom stereocenters. The van der Waals surface area contributed by atoms with Crippen molar-refractivity contribution in [1.82, 2.24) is 0 Å². The van der Waals surface area contributed by atoms with Crippen LogP contribution in [0, 0.1) is 0 Å². The lowest BCUT2D eigenvalue weighted by Gasteiger charge is -2.26. The number of rotatable bonds is 8. The molecule has 0 radical (unpaired) electrons. The van der Waals surface area contributed by atoms with Gasteiger partial charge in [0.05, 0.1) is 0 Å². The van der Waals surface area contributed by atoms with E-state index in [1.54, 1.807) is 0 Å². The fraction of sp³-hybridized carbons (Fsp3) is 0. The maximum absolute atomic E-state index is 2.42. The molecule has 0 saturated heterocycles. The highest BCUT2D eigenvalue weighted by atomic mass is 32.1. The van der Waals surface area contributed by atoms with Crippen LogP contribution in [0.15, 0.2) is 261 Å². The zero-order chi connectivity index (χ0) is 45.0. The maximum atomic E-state index is 2.42. The molecular weight excluding hydrogens is 839 g/mol. The molecule has 68 heavy (non-hydrogen) atoms. The van der Waals surface area contributed by atoms with Crippen LogP contribution in [-0.4, -0.2) is 0 Å². The van der Waals surface area contributed by atoms with Gasteiger partial charge in [-0.3, -0.25) is 0 Å². The van der Waals surface area contributed by atoms with Crippen LogP contribution in [0.2, 0.25) is 0 Å². The van der Waals surface area contributed by atoms with Crippen LogP contribution in [0.3, 0.4) is 0 Å². The van der Waals surface area contributed by atoms with Crippen LogP contribution >= 0.6 is 11.3 Å². The van der Waals surface area contributed by atoms with E-state index in [0.717, 1.165) is 22.6 Å². The molecule has 13 rings (SSSR count). The standard InChI is InChI=1S/C66H43NS/c1-3-18-48(19-4-1)63-64-60-41-36-51(43-62(60)59-28-11-12-29-61(59)66(64)68-65(63)49-20-5-2-6-21-49)50-24-13-25-54(42-50)67(52-37-32-46(33-38-52)57-30-14-22-44-16-7-9-26-55(44)57)53-39-34-47(35-40-53)58-31-15-23-45-17-8-10-27-56(45)58/h1-43H. The highest BCUT2D eigenvalue weighted by Gasteiger charge is 2.22. The van der Waals surface area contributed by atoms with Crippen molar-refractivity contribution in [2.24, 2.45) is 0 Å². The first-order valence-electron chi connectivity index (χ1n) is 23.3. The number of nitrogens with zero attached hydrogens (tertiary/aromatic N) is 1. The molecule has 318 valence electrons. The van der Waals surface area contributed by atoms with Crippen LogP contribution in [0.25, 0.3) is 108 Å². The Hall–Kier alpha value is -8.56. The number of benzene rings is 12. The van der Waals surface area contributed by atoms with Gasteiger partial charge >= 0.3 is 0 Å². The smallest absolute Gasteiger partial charge is 0.0467 e. The van der Waals surface area contributed by atoms with Crippen molar-refractivity contribution < 1.29 is 0 Å². The van der Waals surface area contributed by atoms with E-state index in [0.29, 0.717) is 0 Å². The second-order valence-electron chi connectivity index (χ2n) is 17.6. The SMILES string of the molecule is c1ccc(-c2sc3c4ccccc4c4cc(-c5cccc(N(c6ccc(-c7cccc8ccccc78)cc6)c6ccc(-c7cccc8ccccc78)cc6)c5)ccc4c3c2-c2ccccc2)cc1. The van der Waals surface area contributed by atoms with E-state index >= 15 is 0 Å². The summed E-state index contributed by atoms with van der Waals surface area (Å²) in [5.74, 6) is 0. The summed E-state index contributed by atoms with van der Waals surface area (Å²) in [5.41, 5.74) is 14.3. The van der Waals surface area contributed by atoms with Gasteiger partial charge < -0.3 is 4.90 Å². The molecule has 0 atom stereocenters. The first kappa shape index (κ1) is 39.8. The third-order valence-corrected chi connectivity index (χ3v) is 14.9. The molecule has 2 heteroatoms. The largest absolute Gasteiger partial charge is 0.310 e. The zero-order valence-corrected chi connectivity index (χ0v) is 38.0. The van der Waals surface area contributed by atoms with Crippen molar-refractivity contribution in [3.63, 3.8) is 0 Å². The molecule has 0 saturated carbocycles. The van der Waals surface area contributed by atoms with Crippen molar-refractivity contribution >= 4 is 81.6 Å². The van der Waals surface area contributed by atoms with E-state index in [1.165, 1.54) is 103 Å². The summed E-state index contributed by atoms with van der Waals surface area (Å²) in [6, 6.07) is 95.6. The molecule has 1 heterocycles. The van der Waals surface area contributed by atoms with Gasteiger partial charge in [-0.1, -0.05) is 218 Å². The average Bonchev–Trinajstić information content (AvgIpc) is 3.83. The normalized spacial score (nSPS) is 11.5. The van der Waals surface area contributed by atoms with Gasteiger partial charge in [-0.25, -0.2) is 0 Å².